The Hall–Kier alpha value is -2.76. The van der Waals surface area contributed by atoms with E-state index in [1.807, 2.05) is 0 Å². The van der Waals surface area contributed by atoms with Gasteiger partial charge in [0.05, 0.1) is 14.2 Å². The minimum absolute atomic E-state index is 0.377. The van der Waals surface area contributed by atoms with Gasteiger partial charge in [-0.25, -0.2) is 4.39 Å². The van der Waals surface area contributed by atoms with Crippen LogP contribution < -0.4 is 20.5 Å². The Bertz CT molecular complexity index is 659. The summed E-state index contributed by atoms with van der Waals surface area (Å²) >= 11 is 0. The summed E-state index contributed by atoms with van der Waals surface area (Å²) in [5.41, 5.74) is 6.63. The fourth-order valence-electron chi connectivity index (χ4n) is 2.07. The Morgan fingerprint density at radius 3 is 2.27 bits per heavy atom. The molecule has 0 radical (unpaired) electrons. The van der Waals surface area contributed by atoms with E-state index in [0.717, 1.165) is 0 Å². The zero-order chi connectivity index (χ0) is 16.1. The van der Waals surface area contributed by atoms with Crippen LogP contribution in [0.2, 0.25) is 0 Å². The van der Waals surface area contributed by atoms with Gasteiger partial charge in [-0.05, 0) is 29.8 Å². The van der Waals surface area contributed by atoms with Crippen molar-refractivity contribution in [3.8, 4) is 11.5 Å². The molecule has 0 fully saturated rings. The van der Waals surface area contributed by atoms with Crippen molar-refractivity contribution in [2.75, 3.05) is 19.5 Å². The molecule has 0 bridgehead atoms. The number of amides is 1. The van der Waals surface area contributed by atoms with Crippen LogP contribution in [0.4, 0.5) is 10.1 Å². The van der Waals surface area contributed by atoms with Gasteiger partial charge in [0, 0.05) is 11.8 Å². The molecule has 1 atom stereocenters. The van der Waals surface area contributed by atoms with E-state index in [-0.39, 0.29) is 5.82 Å². The predicted molar refractivity (Wildman–Crippen MR) is 81.5 cm³/mol. The Kier molecular flexibility index (Phi) is 4.83. The lowest BCUT2D eigenvalue weighted by molar-refractivity contribution is -0.118. The molecule has 22 heavy (non-hydrogen) atoms. The number of carbonyl (C=O) groups is 1. The highest BCUT2D eigenvalue weighted by Gasteiger charge is 2.18. The summed E-state index contributed by atoms with van der Waals surface area (Å²) in [6.07, 6.45) is 0. The van der Waals surface area contributed by atoms with E-state index in [2.05, 4.69) is 5.32 Å². The van der Waals surface area contributed by atoms with Crippen molar-refractivity contribution >= 4 is 11.6 Å². The third-order valence-electron chi connectivity index (χ3n) is 3.18. The molecule has 2 aromatic rings. The van der Waals surface area contributed by atoms with Gasteiger partial charge in [-0.1, -0.05) is 12.1 Å². The van der Waals surface area contributed by atoms with Crippen molar-refractivity contribution in [3.63, 3.8) is 0 Å². The number of carbonyl (C=O) groups excluding carboxylic acids is 1. The molecule has 3 N–H and O–H groups in total. The molecule has 0 aromatic heterocycles. The van der Waals surface area contributed by atoms with Gasteiger partial charge in [0.1, 0.15) is 11.9 Å². The lowest BCUT2D eigenvalue weighted by Gasteiger charge is -2.18. The van der Waals surface area contributed by atoms with E-state index in [9.17, 15) is 9.18 Å². The zero-order valence-electron chi connectivity index (χ0n) is 12.3. The summed E-state index contributed by atoms with van der Waals surface area (Å²) in [5.74, 6) is 0.153. The number of nitrogens with one attached hydrogen (secondary N) is 1. The molecule has 0 saturated carbocycles. The van der Waals surface area contributed by atoms with Crippen molar-refractivity contribution in [2.45, 2.75) is 6.04 Å². The van der Waals surface area contributed by atoms with Crippen LogP contribution in [0.1, 0.15) is 11.6 Å². The largest absolute Gasteiger partial charge is 0.493 e. The first-order valence-electron chi connectivity index (χ1n) is 6.58. The number of ether oxygens (including phenoxy) is 2. The Balaban J connectivity index is 2.28. The number of benzene rings is 2. The average molecular weight is 304 g/mol. The molecule has 2 aromatic carbocycles. The molecule has 0 aliphatic heterocycles. The number of primary amides is 1. The van der Waals surface area contributed by atoms with E-state index in [4.69, 9.17) is 15.2 Å². The first kappa shape index (κ1) is 15.6. The molecular formula is C16H17FN2O3. The molecule has 0 aliphatic rings. The maximum Gasteiger partial charge on any atom is 0.244 e. The molecule has 2 rings (SSSR count). The van der Waals surface area contributed by atoms with Crippen LogP contribution in [0, 0.1) is 5.82 Å². The van der Waals surface area contributed by atoms with Gasteiger partial charge in [-0.15, -0.1) is 0 Å². The molecule has 0 saturated heterocycles. The summed E-state index contributed by atoms with van der Waals surface area (Å²) in [5, 5.41) is 3.01. The SMILES string of the molecule is COc1ccc(NC(C(N)=O)c2ccc(F)cc2)cc1OC. The van der Waals surface area contributed by atoms with Gasteiger partial charge >= 0.3 is 0 Å². The van der Waals surface area contributed by atoms with Crippen molar-refractivity contribution in [2.24, 2.45) is 5.73 Å². The van der Waals surface area contributed by atoms with Gasteiger partial charge < -0.3 is 20.5 Å². The number of nitrogens with two attached hydrogens (primary N) is 1. The average Bonchev–Trinajstić information content (AvgIpc) is 2.53. The van der Waals surface area contributed by atoms with Gasteiger partial charge in [0.2, 0.25) is 5.91 Å². The smallest absolute Gasteiger partial charge is 0.244 e. The van der Waals surface area contributed by atoms with E-state index in [1.54, 1.807) is 18.2 Å². The van der Waals surface area contributed by atoms with Crippen molar-refractivity contribution in [1.29, 1.82) is 0 Å². The van der Waals surface area contributed by atoms with Crippen LogP contribution in [0.25, 0.3) is 0 Å². The van der Waals surface area contributed by atoms with E-state index >= 15 is 0 Å². The van der Waals surface area contributed by atoms with Crippen molar-refractivity contribution < 1.29 is 18.7 Å². The normalized spacial score (nSPS) is 11.6. The quantitative estimate of drug-likeness (QED) is 0.860. The number of hydrogen-bond donors (Lipinski definition) is 2. The fraction of sp³-hybridized carbons (Fsp3) is 0.188. The maximum atomic E-state index is 13.0. The maximum absolute atomic E-state index is 13.0. The summed E-state index contributed by atoms with van der Waals surface area (Å²) < 4.78 is 23.4. The second-order valence-corrected chi connectivity index (χ2v) is 4.60. The molecule has 0 heterocycles. The minimum Gasteiger partial charge on any atom is -0.493 e. The Morgan fingerprint density at radius 2 is 1.73 bits per heavy atom. The number of methoxy groups -OCH3 is 2. The summed E-state index contributed by atoms with van der Waals surface area (Å²) in [4.78, 5) is 11.7. The zero-order valence-corrected chi connectivity index (χ0v) is 12.3. The van der Waals surface area contributed by atoms with Crippen LogP contribution in [-0.4, -0.2) is 20.1 Å². The van der Waals surface area contributed by atoms with Gasteiger partial charge in [-0.3, -0.25) is 4.79 Å². The lowest BCUT2D eigenvalue weighted by atomic mass is 10.1. The molecule has 0 aliphatic carbocycles. The van der Waals surface area contributed by atoms with Crippen LogP contribution >= 0.6 is 0 Å². The van der Waals surface area contributed by atoms with Crippen LogP contribution in [0.3, 0.4) is 0 Å². The Labute approximate surface area is 127 Å². The van der Waals surface area contributed by atoms with E-state index < -0.39 is 11.9 Å². The van der Waals surface area contributed by atoms with Crippen LogP contribution in [0.15, 0.2) is 42.5 Å². The fourth-order valence-corrected chi connectivity index (χ4v) is 2.07. The first-order chi connectivity index (χ1) is 10.5. The number of hydrogen-bond acceptors (Lipinski definition) is 4. The highest BCUT2D eigenvalue weighted by Crippen LogP contribution is 2.31. The van der Waals surface area contributed by atoms with Crippen molar-refractivity contribution in [3.05, 3.63) is 53.8 Å². The van der Waals surface area contributed by atoms with Crippen LogP contribution in [-0.2, 0) is 4.79 Å². The molecular weight excluding hydrogens is 287 g/mol. The first-order valence-corrected chi connectivity index (χ1v) is 6.58. The Morgan fingerprint density at radius 1 is 1.09 bits per heavy atom. The standard InChI is InChI=1S/C16H17FN2O3/c1-21-13-8-7-12(9-14(13)22-2)19-15(16(18)20)10-3-5-11(17)6-4-10/h3-9,15,19H,1-2H3,(H2,18,20). The van der Waals surface area contributed by atoms with Crippen molar-refractivity contribution in [1.82, 2.24) is 0 Å². The second kappa shape index (κ2) is 6.80. The molecule has 1 amide bonds. The summed E-state index contributed by atoms with van der Waals surface area (Å²) in [7, 11) is 3.06. The highest BCUT2D eigenvalue weighted by molar-refractivity contribution is 5.84. The third kappa shape index (κ3) is 3.46. The minimum atomic E-state index is -0.779. The number of rotatable bonds is 6. The molecule has 5 nitrogen and oxygen atoms in total. The van der Waals surface area contributed by atoms with Gasteiger partial charge in [-0.2, -0.15) is 0 Å². The monoisotopic (exact) mass is 304 g/mol. The van der Waals surface area contributed by atoms with Gasteiger partial charge in [0.15, 0.2) is 11.5 Å². The molecule has 1 unspecified atom stereocenters. The van der Waals surface area contributed by atoms with Gasteiger partial charge in [0.25, 0.3) is 0 Å². The number of anilines is 1. The second-order valence-electron chi connectivity index (χ2n) is 4.60. The molecule has 116 valence electrons. The highest BCUT2D eigenvalue weighted by atomic mass is 19.1. The summed E-state index contributed by atoms with van der Waals surface area (Å²) in [6.45, 7) is 0. The molecule has 6 heteroatoms. The number of halogens is 1. The van der Waals surface area contributed by atoms with E-state index in [0.29, 0.717) is 22.7 Å². The van der Waals surface area contributed by atoms with Crippen LogP contribution in [0.5, 0.6) is 11.5 Å². The van der Waals surface area contributed by atoms with E-state index in [1.165, 1.54) is 38.5 Å². The molecule has 0 spiro atoms. The summed E-state index contributed by atoms with van der Waals surface area (Å²) in [6, 6.07) is 9.95. The topological polar surface area (TPSA) is 73.6 Å². The predicted octanol–water partition coefficient (Wildman–Crippen LogP) is 2.48. The lowest BCUT2D eigenvalue weighted by Crippen LogP contribution is -2.27. The third-order valence-corrected chi connectivity index (χ3v) is 3.18.